The van der Waals surface area contributed by atoms with Crippen LogP contribution in [0.1, 0.15) is 26.3 Å². The highest BCUT2D eigenvalue weighted by molar-refractivity contribution is 8.13. The van der Waals surface area contributed by atoms with E-state index in [-0.39, 0.29) is 12.6 Å². The summed E-state index contributed by atoms with van der Waals surface area (Å²) in [6, 6.07) is 9.65. The topological polar surface area (TPSA) is 50.7 Å². The highest BCUT2D eigenvalue weighted by atomic mass is 32.2. The fraction of sp³-hybridized carbons (Fsp3) is 0.375. The van der Waals surface area contributed by atoms with E-state index in [0.717, 1.165) is 16.4 Å². The van der Waals surface area contributed by atoms with Gasteiger partial charge in [-0.05, 0) is 32.6 Å². The Hall–Kier alpha value is -1.75. The molecule has 1 aliphatic rings. The van der Waals surface area contributed by atoms with Gasteiger partial charge in [0, 0.05) is 5.70 Å². The summed E-state index contributed by atoms with van der Waals surface area (Å²) in [5.41, 5.74) is 1.77. The van der Waals surface area contributed by atoms with Crippen LogP contribution in [0.3, 0.4) is 0 Å². The molecule has 1 aromatic carbocycles. The maximum Gasteiger partial charge on any atom is 0.338 e. The number of rotatable bonds is 3. The molecule has 1 aliphatic heterocycles. The maximum atomic E-state index is 12.4. The van der Waals surface area contributed by atoms with E-state index >= 15 is 0 Å². The van der Waals surface area contributed by atoms with Crippen LogP contribution in [-0.4, -0.2) is 22.9 Å². The SMILES string of the molecule is CSC1=NC(C)(C)C(C(=O)OCc2ccccc2)=C(C)N1. The molecule has 0 saturated carbocycles. The third-order valence-corrected chi connectivity index (χ3v) is 3.85. The van der Waals surface area contributed by atoms with E-state index in [9.17, 15) is 4.79 Å². The summed E-state index contributed by atoms with van der Waals surface area (Å²) in [7, 11) is 0. The number of amidine groups is 1. The Balaban J connectivity index is 2.11. The number of hydrogen-bond donors (Lipinski definition) is 1. The Morgan fingerprint density at radius 2 is 2.00 bits per heavy atom. The van der Waals surface area contributed by atoms with E-state index < -0.39 is 5.54 Å². The van der Waals surface area contributed by atoms with Gasteiger partial charge in [-0.2, -0.15) is 0 Å². The first kappa shape index (κ1) is 15.6. The lowest BCUT2D eigenvalue weighted by atomic mass is 9.92. The van der Waals surface area contributed by atoms with E-state index in [0.29, 0.717) is 5.57 Å². The first-order valence-electron chi connectivity index (χ1n) is 6.77. The minimum Gasteiger partial charge on any atom is -0.457 e. The van der Waals surface area contributed by atoms with Crippen LogP contribution in [0.15, 0.2) is 46.6 Å². The second kappa shape index (κ2) is 6.35. The molecule has 0 radical (unpaired) electrons. The normalized spacial score (nSPS) is 17.0. The van der Waals surface area contributed by atoms with Crippen molar-refractivity contribution in [3.8, 4) is 0 Å². The molecule has 4 nitrogen and oxygen atoms in total. The van der Waals surface area contributed by atoms with Crippen LogP contribution in [0.4, 0.5) is 0 Å². The first-order chi connectivity index (χ1) is 9.94. The van der Waals surface area contributed by atoms with Crippen molar-refractivity contribution in [2.45, 2.75) is 32.9 Å². The van der Waals surface area contributed by atoms with E-state index in [1.807, 2.05) is 57.4 Å². The summed E-state index contributed by atoms with van der Waals surface area (Å²) in [6.07, 6.45) is 1.95. The van der Waals surface area contributed by atoms with Gasteiger partial charge in [-0.3, -0.25) is 4.99 Å². The summed E-state index contributed by atoms with van der Waals surface area (Å²) >= 11 is 1.53. The number of carbonyl (C=O) groups is 1. The second-order valence-corrected chi connectivity index (χ2v) is 6.16. The second-order valence-electron chi connectivity index (χ2n) is 5.37. The highest BCUT2D eigenvalue weighted by Gasteiger charge is 2.35. The number of esters is 1. The molecule has 0 saturated heterocycles. The number of nitrogens with zero attached hydrogens (tertiary/aromatic N) is 1. The Labute approximate surface area is 129 Å². The molecule has 0 bridgehead atoms. The molecule has 112 valence electrons. The third kappa shape index (κ3) is 3.67. The smallest absolute Gasteiger partial charge is 0.338 e. The molecule has 0 amide bonds. The zero-order valence-electron chi connectivity index (χ0n) is 12.8. The average Bonchev–Trinajstić information content (AvgIpc) is 2.44. The Kier molecular flexibility index (Phi) is 4.73. The van der Waals surface area contributed by atoms with Gasteiger partial charge in [0.05, 0.1) is 11.1 Å². The predicted octanol–water partition coefficient (Wildman–Crippen LogP) is 3.10. The predicted molar refractivity (Wildman–Crippen MR) is 87.1 cm³/mol. The average molecular weight is 304 g/mol. The lowest BCUT2D eigenvalue weighted by molar-refractivity contribution is -0.141. The van der Waals surface area contributed by atoms with Crippen molar-refractivity contribution in [1.29, 1.82) is 0 Å². The lowest BCUT2D eigenvalue weighted by Gasteiger charge is -2.30. The molecule has 0 unspecified atom stereocenters. The molecule has 5 heteroatoms. The Morgan fingerprint density at radius 3 is 2.57 bits per heavy atom. The van der Waals surface area contributed by atoms with Crippen LogP contribution in [-0.2, 0) is 16.1 Å². The van der Waals surface area contributed by atoms with Crippen LogP contribution in [0.25, 0.3) is 0 Å². The molecule has 1 heterocycles. The summed E-state index contributed by atoms with van der Waals surface area (Å²) in [5, 5.41) is 3.96. The van der Waals surface area contributed by atoms with Gasteiger partial charge >= 0.3 is 5.97 Å². The molecule has 0 aromatic heterocycles. The standard InChI is InChI=1S/C16H20N2O2S/c1-11-13(16(2,3)18-15(17-11)21-4)14(19)20-10-12-8-6-5-7-9-12/h5-9H,10H2,1-4H3,(H,17,18). The van der Waals surface area contributed by atoms with E-state index in [1.165, 1.54) is 11.8 Å². The number of hydrogen-bond acceptors (Lipinski definition) is 5. The van der Waals surface area contributed by atoms with Gasteiger partial charge in [-0.1, -0.05) is 42.1 Å². The number of ether oxygens (including phenoxy) is 1. The molecule has 0 spiro atoms. The van der Waals surface area contributed by atoms with Gasteiger partial charge in [0.15, 0.2) is 5.17 Å². The molecule has 0 atom stereocenters. The Morgan fingerprint density at radius 1 is 1.33 bits per heavy atom. The van der Waals surface area contributed by atoms with Gasteiger partial charge in [0.25, 0.3) is 0 Å². The van der Waals surface area contributed by atoms with Crippen molar-refractivity contribution in [3.63, 3.8) is 0 Å². The van der Waals surface area contributed by atoms with E-state index in [1.54, 1.807) is 0 Å². The molecule has 1 aromatic rings. The zero-order valence-corrected chi connectivity index (χ0v) is 13.6. The van der Waals surface area contributed by atoms with Crippen LogP contribution in [0.2, 0.25) is 0 Å². The van der Waals surface area contributed by atoms with Gasteiger partial charge in [0.2, 0.25) is 0 Å². The molecule has 1 N–H and O–H groups in total. The van der Waals surface area contributed by atoms with E-state index in [2.05, 4.69) is 10.3 Å². The van der Waals surface area contributed by atoms with Crippen molar-refractivity contribution in [1.82, 2.24) is 5.32 Å². The van der Waals surface area contributed by atoms with Gasteiger partial charge < -0.3 is 10.1 Å². The number of benzene rings is 1. The van der Waals surface area contributed by atoms with Crippen molar-refractivity contribution in [3.05, 3.63) is 47.2 Å². The molecular formula is C16H20N2O2S. The van der Waals surface area contributed by atoms with Crippen LogP contribution >= 0.6 is 11.8 Å². The van der Waals surface area contributed by atoms with E-state index in [4.69, 9.17) is 4.74 Å². The minimum atomic E-state index is -0.582. The van der Waals surface area contributed by atoms with Crippen molar-refractivity contribution >= 4 is 22.9 Å². The number of carbonyl (C=O) groups excluding carboxylic acids is 1. The highest BCUT2D eigenvalue weighted by Crippen LogP contribution is 2.29. The fourth-order valence-electron chi connectivity index (χ4n) is 2.31. The monoisotopic (exact) mass is 304 g/mol. The van der Waals surface area contributed by atoms with Crippen molar-refractivity contribution in [2.24, 2.45) is 4.99 Å². The first-order valence-corrected chi connectivity index (χ1v) is 8.00. The molecule has 0 aliphatic carbocycles. The molecule has 0 fully saturated rings. The Bertz CT molecular complexity index is 592. The molecule has 21 heavy (non-hydrogen) atoms. The summed E-state index contributed by atoms with van der Waals surface area (Å²) in [4.78, 5) is 16.9. The summed E-state index contributed by atoms with van der Waals surface area (Å²) in [5.74, 6) is -0.322. The van der Waals surface area contributed by atoms with Gasteiger partial charge in [0.1, 0.15) is 6.61 Å². The van der Waals surface area contributed by atoms with Crippen molar-refractivity contribution < 1.29 is 9.53 Å². The number of thioether (sulfide) groups is 1. The maximum absolute atomic E-state index is 12.4. The molecule has 2 rings (SSSR count). The number of aliphatic imine (C=N–C) groups is 1. The number of nitrogens with one attached hydrogen (secondary N) is 1. The summed E-state index contributed by atoms with van der Waals surface area (Å²) < 4.78 is 5.43. The number of allylic oxidation sites excluding steroid dienone is 1. The van der Waals surface area contributed by atoms with Gasteiger partial charge in [-0.15, -0.1) is 0 Å². The summed E-state index contributed by atoms with van der Waals surface area (Å²) in [6.45, 7) is 6.00. The largest absolute Gasteiger partial charge is 0.457 e. The zero-order chi connectivity index (χ0) is 15.5. The van der Waals surface area contributed by atoms with Crippen molar-refractivity contribution in [2.75, 3.05) is 6.26 Å². The molecular weight excluding hydrogens is 284 g/mol. The van der Waals surface area contributed by atoms with Gasteiger partial charge in [-0.25, -0.2) is 4.79 Å². The van der Waals surface area contributed by atoms with Crippen LogP contribution in [0, 0.1) is 0 Å². The minimum absolute atomic E-state index is 0.269. The lowest BCUT2D eigenvalue weighted by Crippen LogP contribution is -2.39. The quantitative estimate of drug-likeness (QED) is 0.872. The fourth-order valence-corrected chi connectivity index (χ4v) is 2.89. The van der Waals surface area contributed by atoms with Crippen LogP contribution < -0.4 is 5.32 Å². The third-order valence-electron chi connectivity index (χ3n) is 3.27. The van der Waals surface area contributed by atoms with Crippen LogP contribution in [0.5, 0.6) is 0 Å².